The Hall–Kier alpha value is -0.280. The molecule has 0 aliphatic carbocycles. The third-order valence-corrected chi connectivity index (χ3v) is 3.36. The zero-order valence-corrected chi connectivity index (χ0v) is 11.2. The Morgan fingerprint density at radius 3 is 2.44 bits per heavy atom. The molecule has 0 heterocycles. The molecular formula is C12H18Cl2N2. The first kappa shape index (κ1) is 13.8. The lowest BCUT2D eigenvalue weighted by molar-refractivity contribution is 0.382. The van der Waals surface area contributed by atoms with Gasteiger partial charge < -0.3 is 10.6 Å². The van der Waals surface area contributed by atoms with Crippen LogP contribution < -0.4 is 5.73 Å². The average molecular weight is 261 g/mol. The van der Waals surface area contributed by atoms with Crippen molar-refractivity contribution in [1.82, 2.24) is 4.90 Å². The Kier molecular flexibility index (Phi) is 5.56. The fourth-order valence-corrected chi connectivity index (χ4v) is 1.91. The molecule has 0 spiro atoms. The van der Waals surface area contributed by atoms with Gasteiger partial charge in [0, 0.05) is 0 Å². The second kappa shape index (κ2) is 6.45. The van der Waals surface area contributed by atoms with Crippen LogP contribution in [-0.4, -0.2) is 32.1 Å². The topological polar surface area (TPSA) is 29.3 Å². The minimum Gasteiger partial charge on any atom is -0.330 e. The number of hydrogen-bond donors (Lipinski definition) is 1. The summed E-state index contributed by atoms with van der Waals surface area (Å²) in [5, 5.41) is 1.19. The lowest BCUT2D eigenvalue weighted by atomic mass is 9.96. The van der Waals surface area contributed by atoms with E-state index in [9.17, 15) is 0 Å². The predicted molar refractivity (Wildman–Crippen MR) is 71.4 cm³/mol. The van der Waals surface area contributed by atoms with Crippen molar-refractivity contribution in [2.45, 2.75) is 12.3 Å². The second-order valence-electron chi connectivity index (χ2n) is 4.20. The van der Waals surface area contributed by atoms with Gasteiger partial charge in [-0.15, -0.1) is 0 Å². The molecule has 0 aromatic heterocycles. The van der Waals surface area contributed by atoms with Crippen LogP contribution in [0.5, 0.6) is 0 Å². The molecular weight excluding hydrogens is 243 g/mol. The van der Waals surface area contributed by atoms with Crippen LogP contribution in [0.3, 0.4) is 0 Å². The van der Waals surface area contributed by atoms with Gasteiger partial charge in [0.1, 0.15) is 0 Å². The summed E-state index contributed by atoms with van der Waals surface area (Å²) in [5.41, 5.74) is 6.95. The maximum Gasteiger partial charge on any atom is 0.0595 e. The molecule has 0 saturated carbocycles. The maximum atomic E-state index is 5.99. The quantitative estimate of drug-likeness (QED) is 0.882. The molecule has 4 heteroatoms. The summed E-state index contributed by atoms with van der Waals surface area (Å²) < 4.78 is 0. The molecule has 0 aliphatic rings. The largest absolute Gasteiger partial charge is 0.330 e. The Labute approximate surface area is 107 Å². The van der Waals surface area contributed by atoms with Gasteiger partial charge in [0.25, 0.3) is 0 Å². The summed E-state index contributed by atoms with van der Waals surface area (Å²) in [6, 6.07) is 5.75. The Balaban J connectivity index is 2.74. The Morgan fingerprint density at radius 1 is 1.25 bits per heavy atom. The average Bonchev–Trinajstić information content (AvgIpc) is 2.23. The molecule has 0 saturated heterocycles. The van der Waals surface area contributed by atoms with Gasteiger partial charge in [0.2, 0.25) is 0 Å². The Morgan fingerprint density at radius 2 is 1.94 bits per heavy atom. The fraction of sp³-hybridized carbons (Fsp3) is 0.500. The van der Waals surface area contributed by atoms with E-state index >= 15 is 0 Å². The van der Waals surface area contributed by atoms with E-state index in [1.54, 1.807) is 0 Å². The van der Waals surface area contributed by atoms with Crippen molar-refractivity contribution in [1.29, 1.82) is 0 Å². The van der Waals surface area contributed by atoms with Crippen molar-refractivity contribution in [3.05, 3.63) is 33.8 Å². The maximum absolute atomic E-state index is 5.99. The summed E-state index contributed by atoms with van der Waals surface area (Å²) in [7, 11) is 4.12. The fourth-order valence-electron chi connectivity index (χ4n) is 1.60. The molecule has 16 heavy (non-hydrogen) atoms. The summed E-state index contributed by atoms with van der Waals surface area (Å²) >= 11 is 11.9. The molecule has 90 valence electrons. The van der Waals surface area contributed by atoms with Crippen molar-refractivity contribution < 1.29 is 0 Å². The van der Waals surface area contributed by atoms with Crippen LogP contribution in [0.15, 0.2) is 18.2 Å². The Bertz CT molecular complexity index is 340. The molecule has 1 aromatic carbocycles. The van der Waals surface area contributed by atoms with Crippen LogP contribution >= 0.6 is 23.2 Å². The van der Waals surface area contributed by atoms with Gasteiger partial charge in [0.15, 0.2) is 0 Å². The summed E-state index contributed by atoms with van der Waals surface area (Å²) in [4.78, 5) is 2.15. The van der Waals surface area contributed by atoms with E-state index in [2.05, 4.69) is 19.0 Å². The lowest BCUT2D eigenvalue weighted by Crippen LogP contribution is -2.20. The van der Waals surface area contributed by atoms with Gasteiger partial charge in [-0.25, -0.2) is 0 Å². The van der Waals surface area contributed by atoms with Crippen molar-refractivity contribution in [2.24, 2.45) is 5.73 Å². The molecule has 1 unspecified atom stereocenters. The van der Waals surface area contributed by atoms with Gasteiger partial charge in [-0.2, -0.15) is 0 Å². The van der Waals surface area contributed by atoms with Gasteiger partial charge >= 0.3 is 0 Å². The highest BCUT2D eigenvalue weighted by atomic mass is 35.5. The molecule has 0 radical (unpaired) electrons. The highest BCUT2D eigenvalue weighted by Crippen LogP contribution is 2.27. The highest BCUT2D eigenvalue weighted by Gasteiger charge is 2.11. The van der Waals surface area contributed by atoms with Gasteiger partial charge in [-0.3, -0.25) is 0 Å². The van der Waals surface area contributed by atoms with Crippen LogP contribution in [0.25, 0.3) is 0 Å². The van der Waals surface area contributed by atoms with Crippen LogP contribution in [0, 0.1) is 0 Å². The second-order valence-corrected chi connectivity index (χ2v) is 5.01. The minimum absolute atomic E-state index is 0.345. The molecule has 0 amide bonds. The van der Waals surface area contributed by atoms with E-state index in [0.717, 1.165) is 13.0 Å². The summed E-state index contributed by atoms with van der Waals surface area (Å²) in [6.07, 6.45) is 1.03. The van der Waals surface area contributed by atoms with Crippen LogP contribution in [0.1, 0.15) is 17.9 Å². The first-order chi connectivity index (χ1) is 7.54. The number of halogens is 2. The van der Waals surface area contributed by atoms with E-state index in [-0.39, 0.29) is 0 Å². The van der Waals surface area contributed by atoms with E-state index in [1.807, 2.05) is 18.2 Å². The third-order valence-electron chi connectivity index (χ3n) is 2.62. The first-order valence-electron chi connectivity index (χ1n) is 5.34. The zero-order valence-electron chi connectivity index (χ0n) is 9.71. The number of hydrogen-bond acceptors (Lipinski definition) is 2. The molecule has 2 nitrogen and oxygen atoms in total. The molecule has 1 atom stereocenters. The van der Waals surface area contributed by atoms with Crippen LogP contribution in [0.4, 0.5) is 0 Å². The van der Waals surface area contributed by atoms with E-state index in [0.29, 0.717) is 22.5 Å². The third kappa shape index (κ3) is 3.95. The van der Waals surface area contributed by atoms with Crippen molar-refractivity contribution >= 4 is 23.2 Å². The SMILES string of the molecule is CN(C)CCC(CN)c1ccc(Cl)c(Cl)c1. The predicted octanol–water partition coefficient (Wildman–Crippen LogP) is 2.99. The molecule has 0 aliphatic heterocycles. The number of nitrogens with two attached hydrogens (primary N) is 1. The zero-order chi connectivity index (χ0) is 12.1. The van der Waals surface area contributed by atoms with Crippen molar-refractivity contribution in [3.63, 3.8) is 0 Å². The molecule has 0 fully saturated rings. The van der Waals surface area contributed by atoms with E-state index in [4.69, 9.17) is 28.9 Å². The van der Waals surface area contributed by atoms with Gasteiger partial charge in [-0.05, 0) is 57.2 Å². The molecule has 2 N–H and O–H groups in total. The molecule has 1 rings (SSSR count). The lowest BCUT2D eigenvalue weighted by Gasteiger charge is -2.18. The number of rotatable bonds is 5. The monoisotopic (exact) mass is 260 g/mol. The van der Waals surface area contributed by atoms with E-state index < -0.39 is 0 Å². The van der Waals surface area contributed by atoms with E-state index in [1.165, 1.54) is 5.56 Å². The van der Waals surface area contributed by atoms with Crippen molar-refractivity contribution in [2.75, 3.05) is 27.2 Å². The van der Waals surface area contributed by atoms with Gasteiger partial charge in [0.05, 0.1) is 10.0 Å². The molecule has 0 bridgehead atoms. The minimum atomic E-state index is 0.345. The molecule has 1 aromatic rings. The summed E-state index contributed by atoms with van der Waals surface area (Å²) in [5.74, 6) is 0.345. The smallest absolute Gasteiger partial charge is 0.0595 e. The van der Waals surface area contributed by atoms with Gasteiger partial charge in [-0.1, -0.05) is 29.3 Å². The number of benzene rings is 1. The number of nitrogens with zero attached hydrogens (tertiary/aromatic N) is 1. The first-order valence-corrected chi connectivity index (χ1v) is 6.10. The van der Waals surface area contributed by atoms with Crippen LogP contribution in [-0.2, 0) is 0 Å². The summed E-state index contributed by atoms with van der Waals surface area (Å²) in [6.45, 7) is 1.65. The highest BCUT2D eigenvalue weighted by molar-refractivity contribution is 6.42. The standard InChI is InChI=1S/C12H18Cl2N2/c1-16(2)6-5-10(8-15)9-3-4-11(13)12(14)7-9/h3-4,7,10H,5-6,8,15H2,1-2H3. The van der Waals surface area contributed by atoms with Crippen LogP contribution in [0.2, 0.25) is 10.0 Å². The van der Waals surface area contributed by atoms with Crippen molar-refractivity contribution in [3.8, 4) is 0 Å². The normalized spacial score (nSPS) is 13.1.